The summed E-state index contributed by atoms with van der Waals surface area (Å²) >= 11 is 0. The molecule has 0 spiro atoms. The Labute approximate surface area is 249 Å². The van der Waals surface area contributed by atoms with Gasteiger partial charge in [-0.25, -0.2) is 0 Å². The lowest BCUT2D eigenvalue weighted by molar-refractivity contribution is -0.138. The molecular formula is C34H26N2O8. The lowest BCUT2D eigenvalue weighted by Crippen LogP contribution is -2.41. The molecule has 0 saturated heterocycles. The van der Waals surface area contributed by atoms with Crippen molar-refractivity contribution in [2.45, 2.75) is 38.5 Å². The van der Waals surface area contributed by atoms with Gasteiger partial charge >= 0.3 is 11.9 Å². The Balaban J connectivity index is 1.35. The van der Waals surface area contributed by atoms with Crippen LogP contribution in [0.25, 0.3) is 43.1 Å². The number of amides is 4. The van der Waals surface area contributed by atoms with Crippen molar-refractivity contribution in [2.75, 3.05) is 13.1 Å². The number of benzene rings is 5. The standard InChI is InChI=1S/C34H26N2O8/c37-25(38)5-1-3-15-35-31(41)21-11-7-17-19-9-13-23-30-24(34(44)36(33(23)43)16-4-2-6-26(39)40)14-10-20(28(19)30)18-8-12-22(32(35)42)29(21)27(17)18/h7-14H,1-6,15-16H2,(H,37,38)(H,39,40). The number of hydrogen-bond acceptors (Lipinski definition) is 6. The van der Waals surface area contributed by atoms with Crippen LogP contribution in [0.2, 0.25) is 0 Å². The summed E-state index contributed by atoms with van der Waals surface area (Å²) in [5, 5.41) is 23.7. The third-order valence-electron chi connectivity index (χ3n) is 8.85. The molecule has 5 aromatic rings. The summed E-state index contributed by atoms with van der Waals surface area (Å²) in [6.45, 7) is 0.253. The number of carboxylic acid groups (broad SMARTS) is 2. The van der Waals surface area contributed by atoms with E-state index in [2.05, 4.69) is 0 Å². The highest BCUT2D eigenvalue weighted by Crippen LogP contribution is 2.46. The molecule has 7 rings (SSSR count). The molecule has 0 aromatic heterocycles. The third kappa shape index (κ3) is 3.94. The van der Waals surface area contributed by atoms with Crippen molar-refractivity contribution < 1.29 is 39.0 Å². The maximum atomic E-state index is 13.6. The SMILES string of the molecule is O=C(O)CCCCN1C(=O)c2ccc3c4ccc5c6c(ccc(c7ccc(c2c37)C1=O)c64)C(=O)N(CCCCC(=O)O)C5=O. The van der Waals surface area contributed by atoms with Crippen LogP contribution in [0.1, 0.15) is 80.0 Å². The van der Waals surface area contributed by atoms with Crippen molar-refractivity contribution in [3.63, 3.8) is 0 Å². The first-order valence-corrected chi connectivity index (χ1v) is 14.5. The van der Waals surface area contributed by atoms with Crippen LogP contribution >= 0.6 is 0 Å². The highest BCUT2D eigenvalue weighted by Gasteiger charge is 2.36. The van der Waals surface area contributed by atoms with Crippen molar-refractivity contribution in [3.05, 3.63) is 70.8 Å². The monoisotopic (exact) mass is 590 g/mol. The van der Waals surface area contributed by atoms with Gasteiger partial charge in [0, 0.05) is 59.0 Å². The Morgan fingerprint density at radius 1 is 0.455 bits per heavy atom. The Kier molecular flexibility index (Phi) is 6.31. The van der Waals surface area contributed by atoms with Gasteiger partial charge in [-0.05, 0) is 82.3 Å². The van der Waals surface area contributed by atoms with E-state index in [0.29, 0.717) is 58.7 Å². The Morgan fingerprint density at radius 3 is 1.02 bits per heavy atom. The normalized spacial score (nSPS) is 14.6. The van der Waals surface area contributed by atoms with Crippen molar-refractivity contribution >= 4 is 78.7 Å². The van der Waals surface area contributed by atoms with E-state index >= 15 is 0 Å². The van der Waals surface area contributed by atoms with E-state index in [-0.39, 0.29) is 25.9 Å². The second kappa shape index (κ2) is 10.1. The van der Waals surface area contributed by atoms with Crippen molar-refractivity contribution in [1.82, 2.24) is 9.80 Å². The summed E-state index contributed by atoms with van der Waals surface area (Å²) in [5.74, 6) is -3.53. The second-order valence-corrected chi connectivity index (χ2v) is 11.4. The smallest absolute Gasteiger partial charge is 0.303 e. The summed E-state index contributed by atoms with van der Waals surface area (Å²) in [6, 6.07) is 14.2. The fourth-order valence-electron chi connectivity index (χ4n) is 6.87. The fourth-order valence-corrected chi connectivity index (χ4v) is 6.87. The van der Waals surface area contributed by atoms with Crippen LogP contribution in [0, 0.1) is 0 Å². The third-order valence-corrected chi connectivity index (χ3v) is 8.85. The van der Waals surface area contributed by atoms with Crippen molar-refractivity contribution in [2.24, 2.45) is 0 Å². The zero-order valence-electron chi connectivity index (χ0n) is 23.5. The zero-order chi connectivity index (χ0) is 30.9. The molecule has 5 aromatic carbocycles. The Hall–Kier alpha value is -5.38. The Bertz CT molecular complexity index is 1860. The van der Waals surface area contributed by atoms with Gasteiger partial charge in [0.15, 0.2) is 0 Å². The minimum absolute atomic E-state index is 0.0362. The van der Waals surface area contributed by atoms with Gasteiger partial charge in [-0.15, -0.1) is 0 Å². The van der Waals surface area contributed by atoms with Crippen LogP contribution in [0.15, 0.2) is 48.5 Å². The molecule has 10 nitrogen and oxygen atoms in total. The van der Waals surface area contributed by atoms with Crippen LogP contribution in [0.4, 0.5) is 0 Å². The number of aliphatic carboxylic acids is 2. The largest absolute Gasteiger partial charge is 0.481 e. The summed E-state index contributed by atoms with van der Waals surface area (Å²) in [6.07, 6.45) is 1.40. The number of rotatable bonds is 10. The zero-order valence-corrected chi connectivity index (χ0v) is 23.5. The maximum absolute atomic E-state index is 13.6. The number of carboxylic acids is 2. The van der Waals surface area contributed by atoms with Gasteiger partial charge in [-0.1, -0.05) is 24.3 Å². The minimum Gasteiger partial charge on any atom is -0.481 e. The lowest BCUT2D eigenvalue weighted by Gasteiger charge is -2.30. The number of nitrogens with zero attached hydrogens (tertiary/aromatic N) is 2. The molecule has 2 N–H and O–H groups in total. The van der Waals surface area contributed by atoms with E-state index in [9.17, 15) is 28.8 Å². The first-order chi connectivity index (χ1) is 21.2. The molecule has 2 aliphatic rings. The molecule has 0 unspecified atom stereocenters. The summed E-state index contributed by atoms with van der Waals surface area (Å²) in [4.78, 5) is 78.4. The highest BCUT2D eigenvalue weighted by molar-refractivity contribution is 6.41. The van der Waals surface area contributed by atoms with Gasteiger partial charge < -0.3 is 10.2 Å². The molecule has 0 bridgehead atoms. The molecule has 0 fully saturated rings. The van der Waals surface area contributed by atoms with Gasteiger partial charge in [-0.3, -0.25) is 38.6 Å². The molecule has 0 saturated carbocycles. The molecule has 0 radical (unpaired) electrons. The minimum atomic E-state index is -0.925. The first-order valence-electron chi connectivity index (χ1n) is 14.5. The Morgan fingerprint density at radius 2 is 0.750 bits per heavy atom. The molecular weight excluding hydrogens is 564 g/mol. The first kappa shape index (κ1) is 27.5. The van der Waals surface area contributed by atoms with Gasteiger partial charge in [0.1, 0.15) is 0 Å². The average Bonchev–Trinajstić information content (AvgIpc) is 3.00. The van der Waals surface area contributed by atoms with Crippen LogP contribution in [0.3, 0.4) is 0 Å². The average molecular weight is 591 g/mol. The molecule has 220 valence electrons. The highest BCUT2D eigenvalue weighted by atomic mass is 16.4. The predicted octanol–water partition coefficient (Wildman–Crippen LogP) is 5.44. The van der Waals surface area contributed by atoms with E-state index < -0.39 is 35.6 Å². The van der Waals surface area contributed by atoms with Crippen molar-refractivity contribution in [1.29, 1.82) is 0 Å². The lowest BCUT2D eigenvalue weighted by atomic mass is 9.82. The second-order valence-electron chi connectivity index (χ2n) is 11.4. The van der Waals surface area contributed by atoms with E-state index in [4.69, 9.17) is 10.2 Å². The number of imide groups is 2. The molecule has 10 heteroatoms. The molecule has 0 aliphatic carbocycles. The van der Waals surface area contributed by atoms with Crippen LogP contribution < -0.4 is 0 Å². The van der Waals surface area contributed by atoms with Crippen LogP contribution in [-0.2, 0) is 9.59 Å². The van der Waals surface area contributed by atoms with Crippen molar-refractivity contribution in [3.8, 4) is 0 Å². The number of hydrogen-bond donors (Lipinski definition) is 2. The molecule has 44 heavy (non-hydrogen) atoms. The van der Waals surface area contributed by atoms with Gasteiger partial charge in [-0.2, -0.15) is 0 Å². The number of unbranched alkanes of at least 4 members (excludes halogenated alkanes) is 2. The molecule has 2 aliphatic heterocycles. The summed E-state index contributed by atoms with van der Waals surface area (Å²) < 4.78 is 0. The molecule has 4 amide bonds. The van der Waals surface area contributed by atoms with E-state index in [1.165, 1.54) is 9.80 Å². The van der Waals surface area contributed by atoms with Gasteiger partial charge in [0.05, 0.1) is 0 Å². The fraction of sp³-hybridized carbons (Fsp3) is 0.235. The van der Waals surface area contributed by atoms with Crippen LogP contribution in [0.5, 0.6) is 0 Å². The predicted molar refractivity (Wildman–Crippen MR) is 161 cm³/mol. The molecule has 0 atom stereocenters. The quantitative estimate of drug-likeness (QED) is 0.0945. The molecule has 2 heterocycles. The van der Waals surface area contributed by atoms with Crippen LogP contribution in [-0.4, -0.2) is 68.7 Å². The summed E-state index contributed by atoms with van der Waals surface area (Å²) in [7, 11) is 0. The topological polar surface area (TPSA) is 149 Å². The number of fused-ring (bicyclic) bond motifs is 2. The van der Waals surface area contributed by atoms with E-state index in [1.54, 1.807) is 24.3 Å². The van der Waals surface area contributed by atoms with E-state index in [0.717, 1.165) is 32.3 Å². The van der Waals surface area contributed by atoms with Gasteiger partial charge in [0.2, 0.25) is 0 Å². The number of carbonyl (C=O) groups excluding carboxylic acids is 4. The maximum Gasteiger partial charge on any atom is 0.303 e. The van der Waals surface area contributed by atoms with E-state index in [1.807, 2.05) is 24.3 Å². The summed E-state index contributed by atoms with van der Waals surface area (Å²) in [5.41, 5.74) is 1.60. The number of carbonyl (C=O) groups is 6. The van der Waals surface area contributed by atoms with Gasteiger partial charge in [0.25, 0.3) is 23.6 Å².